The number of thiazole rings is 1. The Kier molecular flexibility index (Phi) is 6.42. The number of carbonyl (C=O) groups is 2. The van der Waals surface area contributed by atoms with Crippen LogP contribution in [-0.4, -0.2) is 53.0 Å². The van der Waals surface area contributed by atoms with E-state index in [2.05, 4.69) is 25.5 Å². The molecule has 0 saturated carbocycles. The minimum Gasteiger partial charge on any atom is -0.353 e. The lowest BCUT2D eigenvalue weighted by Crippen LogP contribution is -2.50. The summed E-state index contributed by atoms with van der Waals surface area (Å²) in [6.45, 7) is 4.63. The Morgan fingerprint density at radius 1 is 1.03 bits per heavy atom. The number of piperazine rings is 1. The Morgan fingerprint density at radius 3 is 2.55 bits per heavy atom. The highest BCUT2D eigenvalue weighted by molar-refractivity contribution is 7.13. The summed E-state index contributed by atoms with van der Waals surface area (Å²) in [4.78, 5) is 37.6. The number of nitrogens with zero attached hydrogens (tertiary/aromatic N) is 4. The Morgan fingerprint density at radius 2 is 1.81 bits per heavy atom. The maximum Gasteiger partial charge on any atom is 0.323 e. The molecular weight excluding hydrogens is 412 g/mol. The van der Waals surface area contributed by atoms with Crippen molar-refractivity contribution in [1.29, 1.82) is 0 Å². The van der Waals surface area contributed by atoms with Gasteiger partial charge in [0, 0.05) is 43.4 Å². The fourth-order valence-electron chi connectivity index (χ4n) is 3.37. The molecule has 0 radical (unpaired) electrons. The predicted molar refractivity (Wildman–Crippen MR) is 123 cm³/mol. The zero-order chi connectivity index (χ0) is 21.6. The van der Waals surface area contributed by atoms with Crippen molar-refractivity contribution in [2.75, 3.05) is 41.7 Å². The molecule has 4 rings (SSSR count). The SMILES string of the molecule is Cc1ccccc1NC(=O)Cc1csc(NC(=O)N2CCN(c3ccccn3)CC2)n1. The van der Waals surface area contributed by atoms with Crippen LogP contribution in [0.3, 0.4) is 0 Å². The van der Waals surface area contributed by atoms with E-state index in [4.69, 9.17) is 0 Å². The first-order valence-corrected chi connectivity index (χ1v) is 11.0. The fourth-order valence-corrected chi connectivity index (χ4v) is 4.07. The number of carbonyl (C=O) groups excluding carboxylic acids is 2. The average Bonchev–Trinajstić information content (AvgIpc) is 3.22. The second-order valence-corrected chi connectivity index (χ2v) is 8.13. The Balaban J connectivity index is 1.26. The first-order chi connectivity index (χ1) is 15.1. The number of amides is 3. The first kappa shape index (κ1) is 20.8. The molecule has 2 aromatic heterocycles. The van der Waals surface area contributed by atoms with Gasteiger partial charge in [0.15, 0.2) is 5.13 Å². The van der Waals surface area contributed by atoms with Gasteiger partial charge in [0.05, 0.1) is 12.1 Å². The Labute approximate surface area is 184 Å². The van der Waals surface area contributed by atoms with Gasteiger partial charge in [0.1, 0.15) is 5.82 Å². The molecule has 1 aliphatic heterocycles. The van der Waals surface area contributed by atoms with Crippen molar-refractivity contribution in [3.05, 3.63) is 65.3 Å². The third kappa shape index (κ3) is 5.37. The summed E-state index contributed by atoms with van der Waals surface area (Å²) in [5, 5.41) is 8.04. The monoisotopic (exact) mass is 436 g/mol. The molecule has 1 fully saturated rings. The normalized spacial score (nSPS) is 13.7. The Hall–Kier alpha value is -3.46. The molecule has 3 amide bonds. The molecule has 0 bridgehead atoms. The van der Waals surface area contributed by atoms with Crippen LogP contribution in [0.15, 0.2) is 54.0 Å². The molecule has 3 aromatic rings. The number of rotatable bonds is 5. The quantitative estimate of drug-likeness (QED) is 0.640. The molecule has 0 atom stereocenters. The maximum absolute atomic E-state index is 12.6. The van der Waals surface area contributed by atoms with E-state index in [-0.39, 0.29) is 18.4 Å². The summed E-state index contributed by atoms with van der Waals surface area (Å²) in [5.41, 5.74) is 2.43. The number of hydrogen-bond donors (Lipinski definition) is 2. The second kappa shape index (κ2) is 9.57. The lowest BCUT2D eigenvalue weighted by molar-refractivity contribution is -0.115. The summed E-state index contributed by atoms with van der Waals surface area (Å²) >= 11 is 1.32. The third-order valence-electron chi connectivity index (χ3n) is 5.07. The summed E-state index contributed by atoms with van der Waals surface area (Å²) in [6, 6.07) is 13.3. The van der Waals surface area contributed by atoms with E-state index in [1.54, 1.807) is 16.5 Å². The molecule has 1 aromatic carbocycles. The van der Waals surface area contributed by atoms with Crippen molar-refractivity contribution in [2.24, 2.45) is 0 Å². The van der Waals surface area contributed by atoms with E-state index < -0.39 is 0 Å². The molecule has 2 N–H and O–H groups in total. The predicted octanol–water partition coefficient (Wildman–Crippen LogP) is 3.38. The molecule has 31 heavy (non-hydrogen) atoms. The zero-order valence-electron chi connectivity index (χ0n) is 17.2. The molecular formula is C22H24N6O2S. The average molecular weight is 437 g/mol. The molecule has 8 nitrogen and oxygen atoms in total. The number of hydrogen-bond acceptors (Lipinski definition) is 6. The minimum atomic E-state index is -0.175. The van der Waals surface area contributed by atoms with Crippen LogP contribution in [0.25, 0.3) is 0 Å². The van der Waals surface area contributed by atoms with Gasteiger partial charge in [-0.15, -0.1) is 11.3 Å². The highest BCUT2D eigenvalue weighted by atomic mass is 32.1. The standard InChI is InChI=1S/C22H24N6O2S/c1-16-6-2-3-7-18(16)25-20(29)14-17-15-31-21(24-17)26-22(30)28-12-10-27(11-13-28)19-8-4-5-9-23-19/h2-9,15H,10-14H2,1H3,(H,25,29)(H,24,26,30). The number of pyridine rings is 1. The van der Waals surface area contributed by atoms with E-state index in [9.17, 15) is 9.59 Å². The van der Waals surface area contributed by atoms with E-state index in [0.717, 1.165) is 30.2 Å². The lowest BCUT2D eigenvalue weighted by atomic mass is 10.2. The van der Waals surface area contributed by atoms with Crippen molar-refractivity contribution in [2.45, 2.75) is 13.3 Å². The van der Waals surface area contributed by atoms with Gasteiger partial charge in [0.2, 0.25) is 5.91 Å². The van der Waals surface area contributed by atoms with E-state index in [1.807, 2.05) is 49.4 Å². The molecule has 3 heterocycles. The molecule has 0 unspecified atom stereocenters. The number of anilines is 3. The van der Waals surface area contributed by atoms with Crippen LogP contribution in [0, 0.1) is 6.92 Å². The highest BCUT2D eigenvalue weighted by Gasteiger charge is 2.22. The number of benzene rings is 1. The van der Waals surface area contributed by atoms with Gasteiger partial charge in [-0.25, -0.2) is 14.8 Å². The van der Waals surface area contributed by atoms with Gasteiger partial charge in [-0.05, 0) is 30.7 Å². The maximum atomic E-state index is 12.6. The summed E-state index contributed by atoms with van der Waals surface area (Å²) < 4.78 is 0. The molecule has 1 saturated heterocycles. The largest absolute Gasteiger partial charge is 0.353 e. The van der Waals surface area contributed by atoms with Crippen LogP contribution in [-0.2, 0) is 11.2 Å². The number of aromatic nitrogens is 2. The van der Waals surface area contributed by atoms with Crippen molar-refractivity contribution in [3.63, 3.8) is 0 Å². The van der Waals surface area contributed by atoms with Crippen molar-refractivity contribution in [1.82, 2.24) is 14.9 Å². The van der Waals surface area contributed by atoms with Gasteiger partial charge in [-0.1, -0.05) is 24.3 Å². The third-order valence-corrected chi connectivity index (χ3v) is 5.87. The molecule has 0 aliphatic carbocycles. The van der Waals surface area contributed by atoms with Crippen LogP contribution in [0.2, 0.25) is 0 Å². The summed E-state index contributed by atoms with van der Waals surface area (Å²) in [5.74, 6) is 0.791. The van der Waals surface area contributed by atoms with Crippen LogP contribution < -0.4 is 15.5 Å². The van der Waals surface area contributed by atoms with Gasteiger partial charge >= 0.3 is 6.03 Å². The van der Waals surface area contributed by atoms with Gasteiger partial charge in [-0.2, -0.15) is 0 Å². The zero-order valence-corrected chi connectivity index (χ0v) is 18.1. The number of nitrogens with one attached hydrogen (secondary N) is 2. The topological polar surface area (TPSA) is 90.5 Å². The number of urea groups is 1. The minimum absolute atomic E-state index is 0.136. The lowest BCUT2D eigenvalue weighted by Gasteiger charge is -2.35. The van der Waals surface area contributed by atoms with E-state index >= 15 is 0 Å². The summed E-state index contributed by atoms with van der Waals surface area (Å²) in [7, 11) is 0. The second-order valence-electron chi connectivity index (χ2n) is 7.28. The smallest absolute Gasteiger partial charge is 0.323 e. The number of para-hydroxylation sites is 1. The van der Waals surface area contributed by atoms with E-state index in [0.29, 0.717) is 23.9 Å². The Bertz CT molecular complexity index is 1050. The molecule has 1 aliphatic rings. The highest BCUT2D eigenvalue weighted by Crippen LogP contribution is 2.19. The fraction of sp³-hybridized carbons (Fsp3) is 0.273. The molecule has 9 heteroatoms. The van der Waals surface area contributed by atoms with Crippen LogP contribution >= 0.6 is 11.3 Å². The van der Waals surface area contributed by atoms with Gasteiger partial charge < -0.3 is 15.1 Å². The van der Waals surface area contributed by atoms with Crippen LogP contribution in [0.4, 0.5) is 21.4 Å². The van der Waals surface area contributed by atoms with Gasteiger partial charge in [0.25, 0.3) is 0 Å². The van der Waals surface area contributed by atoms with Crippen LogP contribution in [0.1, 0.15) is 11.3 Å². The van der Waals surface area contributed by atoms with E-state index in [1.165, 1.54) is 11.3 Å². The van der Waals surface area contributed by atoms with Crippen LogP contribution in [0.5, 0.6) is 0 Å². The molecule has 160 valence electrons. The van der Waals surface area contributed by atoms with Crippen molar-refractivity contribution >= 4 is 39.9 Å². The van der Waals surface area contributed by atoms with Crippen molar-refractivity contribution in [3.8, 4) is 0 Å². The molecule has 0 spiro atoms. The first-order valence-electron chi connectivity index (χ1n) is 10.1. The summed E-state index contributed by atoms with van der Waals surface area (Å²) in [6.07, 6.45) is 1.93. The van der Waals surface area contributed by atoms with Crippen molar-refractivity contribution < 1.29 is 9.59 Å². The van der Waals surface area contributed by atoms with Gasteiger partial charge in [-0.3, -0.25) is 10.1 Å². The number of aryl methyl sites for hydroxylation is 1.